The van der Waals surface area contributed by atoms with E-state index in [-0.39, 0.29) is 0 Å². The molecule has 0 bridgehead atoms. The summed E-state index contributed by atoms with van der Waals surface area (Å²) in [5.74, 6) is 0.497. The Morgan fingerprint density at radius 3 is 2.18 bits per heavy atom. The first-order valence-corrected chi connectivity index (χ1v) is 5.67. The topological polar surface area (TPSA) is 51.8 Å². The third-order valence-electron chi connectivity index (χ3n) is 3.11. The molecule has 17 heavy (non-hydrogen) atoms. The molecule has 1 aromatic carbocycles. The maximum atomic E-state index is 5.94. The minimum atomic E-state index is 0.497. The third kappa shape index (κ3) is 2.13. The average Bonchev–Trinajstić information content (AvgIpc) is 2.27. The molecule has 0 aliphatic heterocycles. The smallest absolute Gasteiger partial charge is 0.150 e. The van der Waals surface area contributed by atoms with E-state index in [4.69, 9.17) is 5.73 Å². The van der Waals surface area contributed by atoms with Crippen LogP contribution in [0.2, 0.25) is 0 Å². The molecule has 3 nitrogen and oxygen atoms in total. The fraction of sp³-hybridized carbons (Fsp3) is 0.286. The van der Waals surface area contributed by atoms with Crippen molar-refractivity contribution in [1.29, 1.82) is 0 Å². The molecular formula is C14H17N3. The molecule has 2 aromatic rings. The highest BCUT2D eigenvalue weighted by molar-refractivity contribution is 5.70. The Morgan fingerprint density at radius 1 is 0.882 bits per heavy atom. The average molecular weight is 227 g/mol. The Hall–Kier alpha value is -1.90. The molecule has 88 valence electrons. The summed E-state index contributed by atoms with van der Waals surface area (Å²) in [6.07, 6.45) is 0. The molecule has 3 heteroatoms. The van der Waals surface area contributed by atoms with E-state index in [9.17, 15) is 0 Å². The van der Waals surface area contributed by atoms with E-state index in [2.05, 4.69) is 35.9 Å². The first kappa shape index (κ1) is 11.6. The second kappa shape index (κ2) is 4.17. The zero-order chi connectivity index (χ0) is 12.6. The highest BCUT2D eigenvalue weighted by Gasteiger charge is 2.09. The number of benzene rings is 1. The molecule has 0 aliphatic rings. The van der Waals surface area contributed by atoms with Crippen LogP contribution in [0.15, 0.2) is 18.2 Å². The molecule has 0 saturated heterocycles. The first-order valence-electron chi connectivity index (χ1n) is 5.67. The number of rotatable bonds is 1. The van der Waals surface area contributed by atoms with E-state index in [1.54, 1.807) is 0 Å². The Labute approximate surface area is 102 Å². The molecule has 0 radical (unpaired) electrons. The van der Waals surface area contributed by atoms with Crippen molar-refractivity contribution in [2.45, 2.75) is 27.7 Å². The largest absolute Gasteiger partial charge is 0.382 e. The van der Waals surface area contributed by atoms with Gasteiger partial charge in [0.2, 0.25) is 0 Å². The van der Waals surface area contributed by atoms with Gasteiger partial charge in [0, 0.05) is 5.56 Å². The van der Waals surface area contributed by atoms with Crippen LogP contribution in [-0.4, -0.2) is 9.97 Å². The summed E-state index contributed by atoms with van der Waals surface area (Å²) in [5.41, 5.74) is 12.1. The van der Waals surface area contributed by atoms with E-state index in [0.29, 0.717) is 5.82 Å². The molecule has 1 heterocycles. The van der Waals surface area contributed by atoms with Crippen molar-refractivity contribution in [3.63, 3.8) is 0 Å². The van der Waals surface area contributed by atoms with Gasteiger partial charge in [0.25, 0.3) is 0 Å². The summed E-state index contributed by atoms with van der Waals surface area (Å²) in [6, 6.07) is 6.23. The first-order chi connectivity index (χ1) is 7.99. The fourth-order valence-corrected chi connectivity index (χ4v) is 1.72. The zero-order valence-electron chi connectivity index (χ0n) is 10.7. The van der Waals surface area contributed by atoms with Gasteiger partial charge in [0.1, 0.15) is 11.5 Å². The van der Waals surface area contributed by atoms with Crippen LogP contribution in [-0.2, 0) is 0 Å². The SMILES string of the molecule is Cc1ccc(-c2nc(C)c(C)nc2N)cc1C. The summed E-state index contributed by atoms with van der Waals surface area (Å²) in [7, 11) is 0. The summed E-state index contributed by atoms with van der Waals surface area (Å²) in [4.78, 5) is 8.84. The van der Waals surface area contributed by atoms with Crippen LogP contribution in [0.4, 0.5) is 5.82 Å². The normalized spacial score (nSPS) is 10.6. The van der Waals surface area contributed by atoms with Crippen LogP contribution in [0.3, 0.4) is 0 Å². The highest BCUT2D eigenvalue weighted by atomic mass is 14.9. The lowest BCUT2D eigenvalue weighted by Gasteiger charge is -2.09. The van der Waals surface area contributed by atoms with E-state index in [0.717, 1.165) is 22.6 Å². The van der Waals surface area contributed by atoms with Gasteiger partial charge in [-0.3, -0.25) is 0 Å². The van der Waals surface area contributed by atoms with Gasteiger partial charge >= 0.3 is 0 Å². The van der Waals surface area contributed by atoms with Gasteiger partial charge in [-0.25, -0.2) is 9.97 Å². The molecule has 1 aromatic heterocycles. The van der Waals surface area contributed by atoms with Gasteiger partial charge in [-0.2, -0.15) is 0 Å². The number of hydrogen-bond acceptors (Lipinski definition) is 3. The number of aryl methyl sites for hydroxylation is 4. The second-order valence-corrected chi connectivity index (χ2v) is 4.43. The lowest BCUT2D eigenvalue weighted by Crippen LogP contribution is -2.02. The molecule has 0 spiro atoms. The van der Waals surface area contributed by atoms with Crippen molar-refractivity contribution in [2.24, 2.45) is 0 Å². The maximum absolute atomic E-state index is 5.94. The fourth-order valence-electron chi connectivity index (χ4n) is 1.72. The van der Waals surface area contributed by atoms with Crippen LogP contribution >= 0.6 is 0 Å². The summed E-state index contributed by atoms with van der Waals surface area (Å²) in [6.45, 7) is 8.05. The summed E-state index contributed by atoms with van der Waals surface area (Å²) in [5, 5.41) is 0. The number of aromatic nitrogens is 2. The predicted octanol–water partition coefficient (Wildman–Crippen LogP) is 2.96. The van der Waals surface area contributed by atoms with Crippen LogP contribution in [0.1, 0.15) is 22.5 Å². The van der Waals surface area contributed by atoms with E-state index in [1.165, 1.54) is 11.1 Å². The molecular weight excluding hydrogens is 210 g/mol. The van der Waals surface area contributed by atoms with Crippen LogP contribution in [0.5, 0.6) is 0 Å². The molecule has 0 aliphatic carbocycles. The lowest BCUT2D eigenvalue weighted by atomic mass is 10.0. The van der Waals surface area contributed by atoms with Crippen molar-refractivity contribution in [1.82, 2.24) is 9.97 Å². The van der Waals surface area contributed by atoms with Gasteiger partial charge in [0.15, 0.2) is 0 Å². The molecule has 0 atom stereocenters. The van der Waals surface area contributed by atoms with E-state index < -0.39 is 0 Å². The molecule has 0 unspecified atom stereocenters. The van der Waals surface area contributed by atoms with E-state index in [1.807, 2.05) is 19.9 Å². The molecule has 0 saturated carbocycles. The van der Waals surface area contributed by atoms with Crippen molar-refractivity contribution in [3.05, 3.63) is 40.7 Å². The summed E-state index contributed by atoms with van der Waals surface area (Å²) >= 11 is 0. The van der Waals surface area contributed by atoms with E-state index >= 15 is 0 Å². The standard InChI is InChI=1S/C14H17N3/c1-8-5-6-12(7-9(8)2)13-14(15)17-11(4)10(3)16-13/h5-7H,1-4H3,(H2,15,17). The second-order valence-electron chi connectivity index (χ2n) is 4.43. The molecule has 2 N–H and O–H groups in total. The minimum Gasteiger partial charge on any atom is -0.382 e. The van der Waals surface area contributed by atoms with Crippen molar-refractivity contribution in [3.8, 4) is 11.3 Å². The Balaban J connectivity index is 2.60. The number of nitrogens with two attached hydrogens (primary N) is 1. The third-order valence-corrected chi connectivity index (χ3v) is 3.11. The van der Waals surface area contributed by atoms with Crippen LogP contribution in [0, 0.1) is 27.7 Å². The number of anilines is 1. The Kier molecular flexibility index (Phi) is 2.84. The van der Waals surface area contributed by atoms with Crippen LogP contribution < -0.4 is 5.73 Å². The van der Waals surface area contributed by atoms with Gasteiger partial charge < -0.3 is 5.73 Å². The minimum absolute atomic E-state index is 0.497. The van der Waals surface area contributed by atoms with Gasteiger partial charge in [-0.05, 0) is 44.9 Å². The van der Waals surface area contributed by atoms with Crippen molar-refractivity contribution < 1.29 is 0 Å². The van der Waals surface area contributed by atoms with Gasteiger partial charge in [0.05, 0.1) is 11.4 Å². The van der Waals surface area contributed by atoms with Gasteiger partial charge in [-0.15, -0.1) is 0 Å². The van der Waals surface area contributed by atoms with Crippen molar-refractivity contribution in [2.75, 3.05) is 5.73 Å². The number of hydrogen-bond donors (Lipinski definition) is 1. The molecule has 0 fully saturated rings. The van der Waals surface area contributed by atoms with Gasteiger partial charge in [-0.1, -0.05) is 12.1 Å². The molecule has 2 rings (SSSR count). The quantitative estimate of drug-likeness (QED) is 0.814. The summed E-state index contributed by atoms with van der Waals surface area (Å²) < 4.78 is 0. The van der Waals surface area contributed by atoms with Crippen molar-refractivity contribution >= 4 is 5.82 Å². The highest BCUT2D eigenvalue weighted by Crippen LogP contribution is 2.25. The number of nitrogens with zero attached hydrogens (tertiary/aromatic N) is 2. The zero-order valence-corrected chi connectivity index (χ0v) is 10.7. The monoisotopic (exact) mass is 227 g/mol. The van der Waals surface area contributed by atoms with Crippen LogP contribution in [0.25, 0.3) is 11.3 Å². The Bertz CT molecular complexity index is 574. The predicted molar refractivity (Wildman–Crippen MR) is 70.8 cm³/mol. The lowest BCUT2D eigenvalue weighted by molar-refractivity contribution is 1.06. The number of nitrogen functional groups attached to an aromatic ring is 1. The molecule has 0 amide bonds. The maximum Gasteiger partial charge on any atom is 0.150 e. The Morgan fingerprint density at radius 2 is 1.53 bits per heavy atom.